The predicted molar refractivity (Wildman–Crippen MR) is 77.0 cm³/mol. The molecule has 0 atom stereocenters. The quantitative estimate of drug-likeness (QED) is 0.713. The van der Waals surface area contributed by atoms with E-state index in [0.29, 0.717) is 0 Å². The average Bonchev–Trinajstić information content (AvgIpc) is 2.41. The van der Waals surface area contributed by atoms with Crippen LogP contribution in [0.5, 0.6) is 11.5 Å². The highest BCUT2D eigenvalue weighted by Crippen LogP contribution is 2.23. The molecular weight excluding hydrogens is 220 g/mol. The summed E-state index contributed by atoms with van der Waals surface area (Å²) < 4.78 is 5.78. The fourth-order valence-electron chi connectivity index (χ4n) is 1.69. The first kappa shape index (κ1) is 12.4. The third kappa shape index (κ3) is 3.01. The van der Waals surface area contributed by atoms with Crippen LogP contribution in [0.3, 0.4) is 0 Å². The molecule has 0 heterocycles. The van der Waals surface area contributed by atoms with Gasteiger partial charge in [0.2, 0.25) is 0 Å². The van der Waals surface area contributed by atoms with Crippen molar-refractivity contribution in [2.24, 2.45) is 0 Å². The molecule has 92 valence electrons. The molecule has 0 bridgehead atoms. The van der Waals surface area contributed by atoms with Gasteiger partial charge >= 0.3 is 0 Å². The highest BCUT2D eigenvalue weighted by atomic mass is 16.5. The third-order valence-electron chi connectivity index (χ3n) is 3.00. The molecule has 2 aromatic rings. The SMILES string of the molecule is CC=C(C)c1ccc(Oc2ccc(C)cc2)cc1. The van der Waals surface area contributed by atoms with Crippen LogP contribution in [0.2, 0.25) is 0 Å². The van der Waals surface area contributed by atoms with Gasteiger partial charge in [0.25, 0.3) is 0 Å². The Labute approximate surface area is 109 Å². The van der Waals surface area contributed by atoms with Crippen LogP contribution >= 0.6 is 0 Å². The van der Waals surface area contributed by atoms with Gasteiger partial charge in [-0.25, -0.2) is 0 Å². The Morgan fingerprint density at radius 1 is 0.889 bits per heavy atom. The Bertz CT molecular complexity index is 533. The summed E-state index contributed by atoms with van der Waals surface area (Å²) in [4.78, 5) is 0. The molecule has 0 aliphatic heterocycles. The molecule has 0 saturated heterocycles. The maximum absolute atomic E-state index is 5.78. The first-order valence-electron chi connectivity index (χ1n) is 6.17. The average molecular weight is 238 g/mol. The van der Waals surface area contributed by atoms with Crippen LogP contribution in [0.15, 0.2) is 54.6 Å². The number of hydrogen-bond acceptors (Lipinski definition) is 1. The molecule has 0 aliphatic rings. The minimum atomic E-state index is 0.867. The van der Waals surface area contributed by atoms with Gasteiger partial charge in [-0.3, -0.25) is 0 Å². The van der Waals surface area contributed by atoms with Gasteiger partial charge in [0.05, 0.1) is 0 Å². The van der Waals surface area contributed by atoms with E-state index in [1.807, 2.05) is 43.3 Å². The topological polar surface area (TPSA) is 9.23 Å². The zero-order valence-electron chi connectivity index (χ0n) is 11.1. The minimum Gasteiger partial charge on any atom is -0.457 e. The van der Waals surface area contributed by atoms with Crippen LogP contribution in [-0.2, 0) is 0 Å². The molecule has 0 aliphatic carbocycles. The largest absolute Gasteiger partial charge is 0.457 e. The highest BCUT2D eigenvalue weighted by molar-refractivity contribution is 5.63. The van der Waals surface area contributed by atoms with Crippen LogP contribution in [0.25, 0.3) is 5.57 Å². The maximum atomic E-state index is 5.78. The van der Waals surface area contributed by atoms with Gasteiger partial charge in [-0.2, -0.15) is 0 Å². The molecule has 1 nitrogen and oxygen atoms in total. The van der Waals surface area contributed by atoms with Crippen molar-refractivity contribution in [1.29, 1.82) is 0 Å². The second kappa shape index (κ2) is 5.54. The lowest BCUT2D eigenvalue weighted by molar-refractivity contribution is 0.482. The smallest absolute Gasteiger partial charge is 0.127 e. The van der Waals surface area contributed by atoms with Crippen molar-refractivity contribution in [1.82, 2.24) is 0 Å². The van der Waals surface area contributed by atoms with E-state index >= 15 is 0 Å². The summed E-state index contributed by atoms with van der Waals surface area (Å²) in [6.45, 7) is 6.22. The molecule has 0 amide bonds. The lowest BCUT2D eigenvalue weighted by Gasteiger charge is -2.07. The minimum absolute atomic E-state index is 0.867. The lowest BCUT2D eigenvalue weighted by atomic mass is 10.1. The summed E-state index contributed by atoms with van der Waals surface area (Å²) >= 11 is 0. The Kier molecular flexibility index (Phi) is 3.83. The van der Waals surface area contributed by atoms with E-state index in [0.717, 1.165) is 11.5 Å². The number of benzene rings is 2. The Morgan fingerprint density at radius 3 is 1.89 bits per heavy atom. The summed E-state index contributed by atoms with van der Waals surface area (Å²) in [6.07, 6.45) is 2.11. The molecular formula is C17H18O. The van der Waals surface area contributed by atoms with Crippen LogP contribution in [-0.4, -0.2) is 0 Å². The number of aryl methyl sites for hydroxylation is 1. The van der Waals surface area contributed by atoms with Gasteiger partial charge in [0.15, 0.2) is 0 Å². The molecule has 0 spiro atoms. The van der Waals surface area contributed by atoms with E-state index < -0.39 is 0 Å². The maximum Gasteiger partial charge on any atom is 0.127 e. The third-order valence-corrected chi connectivity index (χ3v) is 3.00. The van der Waals surface area contributed by atoms with E-state index in [1.165, 1.54) is 16.7 Å². The van der Waals surface area contributed by atoms with Crippen molar-refractivity contribution in [3.8, 4) is 11.5 Å². The summed E-state index contributed by atoms with van der Waals surface area (Å²) in [7, 11) is 0. The molecule has 0 aromatic heterocycles. The van der Waals surface area contributed by atoms with Crippen molar-refractivity contribution in [2.75, 3.05) is 0 Å². The number of ether oxygens (including phenoxy) is 1. The van der Waals surface area contributed by atoms with Crippen LogP contribution < -0.4 is 4.74 Å². The van der Waals surface area contributed by atoms with Crippen molar-refractivity contribution < 1.29 is 4.74 Å². The van der Waals surface area contributed by atoms with Crippen molar-refractivity contribution >= 4 is 5.57 Å². The molecule has 2 rings (SSSR count). The molecule has 0 fully saturated rings. The fourth-order valence-corrected chi connectivity index (χ4v) is 1.69. The lowest BCUT2D eigenvalue weighted by Crippen LogP contribution is -1.85. The standard InChI is InChI=1S/C17H18O/c1-4-14(3)15-7-11-17(12-8-15)18-16-9-5-13(2)6-10-16/h4-12H,1-3H3. The number of allylic oxidation sites excluding steroid dienone is 2. The van der Waals surface area contributed by atoms with E-state index in [9.17, 15) is 0 Å². The first-order valence-corrected chi connectivity index (χ1v) is 6.17. The molecule has 0 saturated carbocycles. The normalized spacial score (nSPS) is 11.4. The fraction of sp³-hybridized carbons (Fsp3) is 0.176. The van der Waals surface area contributed by atoms with E-state index in [4.69, 9.17) is 4.74 Å². The number of hydrogen-bond donors (Lipinski definition) is 0. The van der Waals surface area contributed by atoms with E-state index in [-0.39, 0.29) is 0 Å². The Morgan fingerprint density at radius 2 is 1.39 bits per heavy atom. The van der Waals surface area contributed by atoms with Gasteiger partial charge < -0.3 is 4.74 Å². The molecule has 0 N–H and O–H groups in total. The summed E-state index contributed by atoms with van der Waals surface area (Å²) in [5.74, 6) is 1.74. The summed E-state index contributed by atoms with van der Waals surface area (Å²) in [5, 5.41) is 0. The van der Waals surface area contributed by atoms with Gasteiger partial charge in [0.1, 0.15) is 11.5 Å². The van der Waals surface area contributed by atoms with Gasteiger partial charge in [0, 0.05) is 0 Å². The van der Waals surface area contributed by atoms with Crippen molar-refractivity contribution in [3.05, 3.63) is 65.7 Å². The van der Waals surface area contributed by atoms with E-state index in [2.05, 4.69) is 32.1 Å². The van der Waals surface area contributed by atoms with Crippen LogP contribution in [0, 0.1) is 6.92 Å². The van der Waals surface area contributed by atoms with Crippen LogP contribution in [0.1, 0.15) is 25.0 Å². The van der Waals surface area contributed by atoms with Crippen molar-refractivity contribution in [2.45, 2.75) is 20.8 Å². The van der Waals surface area contributed by atoms with Crippen LogP contribution in [0.4, 0.5) is 0 Å². The summed E-state index contributed by atoms with van der Waals surface area (Å²) in [5.41, 5.74) is 3.74. The van der Waals surface area contributed by atoms with Gasteiger partial charge in [-0.15, -0.1) is 0 Å². The summed E-state index contributed by atoms with van der Waals surface area (Å²) in [6, 6.07) is 16.2. The zero-order valence-corrected chi connectivity index (χ0v) is 11.1. The predicted octanol–water partition coefficient (Wildman–Crippen LogP) is 5.21. The Hall–Kier alpha value is -2.02. The second-order valence-electron chi connectivity index (χ2n) is 4.41. The zero-order chi connectivity index (χ0) is 13.0. The first-order chi connectivity index (χ1) is 8.69. The highest BCUT2D eigenvalue weighted by Gasteiger charge is 1.98. The van der Waals surface area contributed by atoms with Gasteiger partial charge in [-0.05, 0) is 56.2 Å². The van der Waals surface area contributed by atoms with E-state index in [1.54, 1.807) is 0 Å². The number of rotatable bonds is 3. The molecule has 1 heteroatoms. The Balaban J connectivity index is 2.13. The molecule has 18 heavy (non-hydrogen) atoms. The molecule has 0 unspecified atom stereocenters. The monoisotopic (exact) mass is 238 g/mol. The van der Waals surface area contributed by atoms with Gasteiger partial charge in [-0.1, -0.05) is 35.9 Å². The van der Waals surface area contributed by atoms with Crippen molar-refractivity contribution in [3.63, 3.8) is 0 Å². The molecule has 0 radical (unpaired) electrons. The second-order valence-corrected chi connectivity index (χ2v) is 4.41. The molecule has 2 aromatic carbocycles.